The van der Waals surface area contributed by atoms with Crippen molar-refractivity contribution in [1.29, 1.82) is 0 Å². The van der Waals surface area contributed by atoms with Gasteiger partial charge in [-0.2, -0.15) is 0 Å². The van der Waals surface area contributed by atoms with Crippen molar-refractivity contribution in [3.05, 3.63) is 59.7 Å². The summed E-state index contributed by atoms with van der Waals surface area (Å²) in [6, 6.07) is 1.51. The lowest BCUT2D eigenvalue weighted by molar-refractivity contribution is -0.163. The highest BCUT2D eigenvalue weighted by atomic mass is 19.1. The van der Waals surface area contributed by atoms with E-state index in [1.165, 1.54) is 28.5 Å². The van der Waals surface area contributed by atoms with Gasteiger partial charge in [0.1, 0.15) is 54.0 Å². The molecule has 4 aliphatic heterocycles. The van der Waals surface area contributed by atoms with E-state index in [0.717, 1.165) is 17.8 Å². The number of amides is 7. The molecule has 0 bridgehead atoms. The number of fused-ring (bicyclic) bond motifs is 3. The van der Waals surface area contributed by atoms with Crippen LogP contribution in [0.3, 0.4) is 0 Å². The lowest BCUT2D eigenvalue weighted by Gasteiger charge is -2.39. The van der Waals surface area contributed by atoms with E-state index in [0.29, 0.717) is 37.4 Å². The number of anilines is 2. The molecule has 4 aliphatic rings. The Hall–Kier alpha value is -5.81. The fraction of sp³-hybridized carbons (Fsp3) is 0.548. The van der Waals surface area contributed by atoms with Gasteiger partial charge in [-0.1, -0.05) is 6.92 Å². The zero-order valence-corrected chi connectivity index (χ0v) is 34.5. The highest BCUT2D eigenvalue weighted by Gasteiger charge is 2.47. The normalized spacial score (nSPS) is 26.9. The van der Waals surface area contributed by atoms with Gasteiger partial charge >= 0.3 is 12.0 Å². The number of nitrogens with zero attached hydrogens (tertiary/aromatic N) is 4. The summed E-state index contributed by atoms with van der Waals surface area (Å²) in [5, 5.41) is 10.6. The van der Waals surface area contributed by atoms with Crippen LogP contribution in [-0.2, 0) is 39.9 Å². The van der Waals surface area contributed by atoms with E-state index in [1.807, 2.05) is 25.9 Å². The number of halogens is 2. The molecule has 2 aromatic rings. The maximum atomic E-state index is 14.7. The van der Waals surface area contributed by atoms with Crippen LogP contribution in [-0.4, -0.2) is 132 Å². The molecule has 18 heteroatoms. The molecule has 4 N–H and O–H groups in total. The number of urea groups is 1. The van der Waals surface area contributed by atoms with Gasteiger partial charge in [-0.05, 0) is 100 Å². The van der Waals surface area contributed by atoms with Crippen molar-refractivity contribution in [3.63, 3.8) is 0 Å². The molecule has 16 nitrogen and oxygen atoms in total. The average Bonchev–Trinajstić information content (AvgIpc) is 3.85. The van der Waals surface area contributed by atoms with Crippen LogP contribution in [0.5, 0.6) is 0 Å². The highest BCUT2D eigenvalue weighted by molar-refractivity contribution is 5.99. The second kappa shape index (κ2) is 18.6. The van der Waals surface area contributed by atoms with Gasteiger partial charge in [-0.15, -0.1) is 0 Å². The predicted molar refractivity (Wildman–Crippen MR) is 215 cm³/mol. The van der Waals surface area contributed by atoms with Gasteiger partial charge in [-0.3, -0.25) is 24.0 Å². The molecule has 60 heavy (non-hydrogen) atoms. The van der Waals surface area contributed by atoms with Crippen molar-refractivity contribution in [3.8, 4) is 0 Å². The number of nitrogens with one attached hydrogen (secondary N) is 4. The molecule has 0 radical (unpaired) electrons. The molecule has 0 aliphatic carbocycles. The van der Waals surface area contributed by atoms with Gasteiger partial charge in [0.2, 0.25) is 29.5 Å². The Bertz CT molecular complexity index is 1960. The molecular weight excluding hydrogens is 783 g/mol. The Morgan fingerprint density at radius 1 is 0.833 bits per heavy atom. The summed E-state index contributed by atoms with van der Waals surface area (Å²) >= 11 is 0. The molecule has 4 fully saturated rings. The molecule has 6 rings (SSSR count). The molecule has 0 saturated carbocycles. The molecule has 4 saturated heterocycles. The maximum absolute atomic E-state index is 14.7. The van der Waals surface area contributed by atoms with Crippen molar-refractivity contribution >= 4 is 52.9 Å². The van der Waals surface area contributed by atoms with E-state index in [1.54, 1.807) is 24.3 Å². The number of ether oxygens (including phenoxy) is 1. The van der Waals surface area contributed by atoms with E-state index >= 15 is 0 Å². The summed E-state index contributed by atoms with van der Waals surface area (Å²) in [5.41, 5.74) is 1.26. The van der Waals surface area contributed by atoms with Crippen LogP contribution < -0.4 is 26.2 Å². The summed E-state index contributed by atoms with van der Waals surface area (Å²) in [7, 11) is 3.70. The first-order valence-corrected chi connectivity index (χ1v) is 20.5. The summed E-state index contributed by atoms with van der Waals surface area (Å²) in [6.45, 7) is 5.37. The van der Waals surface area contributed by atoms with Crippen molar-refractivity contribution in [2.75, 3.05) is 43.9 Å². The first kappa shape index (κ1) is 43.8. The molecule has 4 heterocycles. The number of hydrogen-bond acceptors (Lipinski definition) is 9. The molecule has 0 aromatic heterocycles. The largest absolute Gasteiger partial charge is 0.458 e. The Balaban J connectivity index is 1.33. The molecule has 2 aromatic carbocycles. The summed E-state index contributed by atoms with van der Waals surface area (Å²) < 4.78 is 34.6. The zero-order chi connectivity index (χ0) is 43.4. The summed E-state index contributed by atoms with van der Waals surface area (Å²) in [4.78, 5) is 104. The number of rotatable bonds is 7. The van der Waals surface area contributed by atoms with E-state index in [2.05, 4.69) is 21.3 Å². The molecule has 0 unspecified atom stereocenters. The second-order valence-electron chi connectivity index (χ2n) is 16.5. The number of piperidine rings is 1. The van der Waals surface area contributed by atoms with Gasteiger partial charge in [0.05, 0.1) is 0 Å². The molecular formula is C42H54F2N8O8. The van der Waals surface area contributed by atoms with Crippen LogP contribution in [0.25, 0.3) is 0 Å². The van der Waals surface area contributed by atoms with E-state index in [4.69, 9.17) is 4.74 Å². The SMILES string of the molecule is C[C@H]1C[C@H]2C(=O)O[C@@H](C)[C@H](NC(=O)[C@H](Cc3cc(F)cc(F)c3)NC(=O)Nc3ccc(N(C)C)cc3)C(=O)N3CCC[C@H]3C(=O)N3CCCC[C@H]3C(=O)N[C@@H](C)C(=O)N2C1. The standard InChI is InChI=1S/C42H54F2N8O8/c1-23-17-34-41(58)60-25(3)35(40(57)51-16-8-10-33(51)39(56)50-15-7-6-9-32(50)37(54)45-24(2)38(55)52(34)22-23)48-36(53)31(20-26-18-27(43)21-28(44)19-26)47-42(59)46-29-11-13-30(14-12-29)49(4)5/h11-14,18-19,21,23-25,31-35H,6-10,15-17,20,22H2,1-5H3,(H,45,54)(H,48,53)(H2,46,47,59)/t23-,24-,25-,31-,32-,33-,34-,35-/m0/s1. The van der Waals surface area contributed by atoms with Crippen LogP contribution in [0.2, 0.25) is 0 Å². The first-order chi connectivity index (χ1) is 28.5. The predicted octanol–water partition coefficient (Wildman–Crippen LogP) is 2.31. The fourth-order valence-corrected chi connectivity index (χ4v) is 8.56. The zero-order valence-electron chi connectivity index (χ0n) is 34.5. The van der Waals surface area contributed by atoms with Gasteiger partial charge in [0, 0.05) is 57.6 Å². The molecule has 7 amide bonds. The minimum Gasteiger partial charge on any atom is -0.458 e. The van der Waals surface area contributed by atoms with Crippen LogP contribution in [0.1, 0.15) is 64.9 Å². The summed E-state index contributed by atoms with van der Waals surface area (Å²) in [5.74, 6) is -5.97. The third-order valence-corrected chi connectivity index (χ3v) is 11.7. The molecule has 8 atom stereocenters. The van der Waals surface area contributed by atoms with Crippen molar-refractivity contribution in [2.24, 2.45) is 5.92 Å². The van der Waals surface area contributed by atoms with Gasteiger partial charge in [-0.25, -0.2) is 18.4 Å². The molecule has 0 spiro atoms. The van der Waals surface area contributed by atoms with Crippen molar-refractivity contribution in [2.45, 2.75) is 108 Å². The fourth-order valence-electron chi connectivity index (χ4n) is 8.56. The Morgan fingerprint density at radius 2 is 1.48 bits per heavy atom. The molecule has 324 valence electrons. The van der Waals surface area contributed by atoms with E-state index < -0.39 is 102 Å². The minimum atomic E-state index is -1.62. The number of carbonyl (C=O) groups excluding carboxylic acids is 7. The number of benzene rings is 2. The van der Waals surface area contributed by atoms with Crippen LogP contribution in [0.15, 0.2) is 42.5 Å². The van der Waals surface area contributed by atoms with E-state index in [-0.39, 0.29) is 44.0 Å². The van der Waals surface area contributed by atoms with Crippen molar-refractivity contribution < 1.29 is 47.1 Å². The quantitative estimate of drug-likeness (QED) is 0.304. The van der Waals surface area contributed by atoms with Crippen LogP contribution in [0, 0.1) is 17.6 Å². The number of cyclic esters (lactones) is 1. The number of hydrogen-bond donors (Lipinski definition) is 4. The van der Waals surface area contributed by atoms with E-state index in [9.17, 15) is 42.3 Å². The average molecular weight is 837 g/mol. The van der Waals surface area contributed by atoms with Crippen LogP contribution >= 0.6 is 0 Å². The minimum absolute atomic E-state index is 0.0201. The third-order valence-electron chi connectivity index (χ3n) is 11.7. The second-order valence-corrected chi connectivity index (χ2v) is 16.5. The third kappa shape index (κ3) is 9.96. The number of esters is 1. The Kier molecular flexibility index (Phi) is 13.6. The number of carbonyl (C=O) groups is 7. The lowest BCUT2D eigenvalue weighted by Crippen LogP contribution is -2.63. The lowest BCUT2D eigenvalue weighted by atomic mass is 9.99. The van der Waals surface area contributed by atoms with Gasteiger partial charge in [0.15, 0.2) is 0 Å². The van der Waals surface area contributed by atoms with Crippen molar-refractivity contribution in [1.82, 2.24) is 30.7 Å². The Labute approximate surface area is 347 Å². The first-order valence-electron chi connectivity index (χ1n) is 20.5. The smallest absolute Gasteiger partial charge is 0.329 e. The monoisotopic (exact) mass is 836 g/mol. The summed E-state index contributed by atoms with van der Waals surface area (Å²) in [6.07, 6.45) is 0.783. The Morgan fingerprint density at radius 3 is 2.17 bits per heavy atom. The van der Waals surface area contributed by atoms with Gasteiger partial charge < -0.3 is 45.6 Å². The highest BCUT2D eigenvalue weighted by Crippen LogP contribution is 2.29. The maximum Gasteiger partial charge on any atom is 0.329 e. The topological polar surface area (TPSA) is 190 Å². The van der Waals surface area contributed by atoms with Gasteiger partial charge in [0.25, 0.3) is 0 Å². The van der Waals surface area contributed by atoms with Crippen LogP contribution in [0.4, 0.5) is 25.0 Å².